The lowest BCUT2D eigenvalue weighted by Crippen LogP contribution is -2.20. The number of hydrogen-bond donors (Lipinski definition) is 1. The minimum Gasteiger partial charge on any atom is -0.463 e. The molecule has 0 spiro atoms. The Morgan fingerprint density at radius 3 is 2.89 bits per heavy atom. The fourth-order valence-electron chi connectivity index (χ4n) is 2.13. The SMILES string of the molecule is CNCc1oc(CN(C)C(C)c2cccs2)cc1C. The first-order valence-electron chi connectivity index (χ1n) is 6.58. The molecule has 0 aliphatic heterocycles. The zero-order valence-electron chi connectivity index (χ0n) is 12.1. The Hall–Kier alpha value is -1.10. The van der Waals surface area contributed by atoms with E-state index >= 15 is 0 Å². The maximum Gasteiger partial charge on any atom is 0.120 e. The highest BCUT2D eigenvalue weighted by Gasteiger charge is 2.15. The first-order valence-corrected chi connectivity index (χ1v) is 7.46. The first-order chi connectivity index (χ1) is 9.11. The van der Waals surface area contributed by atoms with Crippen molar-refractivity contribution in [1.29, 1.82) is 0 Å². The van der Waals surface area contributed by atoms with Crippen LogP contribution in [0, 0.1) is 6.92 Å². The Morgan fingerprint density at radius 1 is 1.47 bits per heavy atom. The van der Waals surface area contributed by atoms with Crippen LogP contribution in [0.5, 0.6) is 0 Å². The van der Waals surface area contributed by atoms with Crippen LogP contribution in [0.3, 0.4) is 0 Å². The lowest BCUT2D eigenvalue weighted by Gasteiger charge is -2.22. The van der Waals surface area contributed by atoms with Crippen LogP contribution in [0.25, 0.3) is 0 Å². The molecule has 0 aromatic carbocycles. The number of furan rings is 1. The summed E-state index contributed by atoms with van der Waals surface area (Å²) >= 11 is 1.80. The molecule has 0 fully saturated rings. The van der Waals surface area contributed by atoms with Gasteiger partial charge in [-0.1, -0.05) is 6.07 Å². The summed E-state index contributed by atoms with van der Waals surface area (Å²) in [5, 5.41) is 5.26. The van der Waals surface area contributed by atoms with Crippen molar-refractivity contribution in [1.82, 2.24) is 10.2 Å². The second-order valence-corrected chi connectivity index (χ2v) is 5.94. The van der Waals surface area contributed by atoms with E-state index in [1.165, 1.54) is 10.4 Å². The van der Waals surface area contributed by atoms with Crippen molar-refractivity contribution >= 4 is 11.3 Å². The van der Waals surface area contributed by atoms with Crippen molar-refractivity contribution in [2.75, 3.05) is 14.1 Å². The number of hydrogen-bond acceptors (Lipinski definition) is 4. The minimum atomic E-state index is 0.415. The zero-order chi connectivity index (χ0) is 13.8. The van der Waals surface area contributed by atoms with Gasteiger partial charge in [0.1, 0.15) is 11.5 Å². The van der Waals surface area contributed by atoms with E-state index in [0.29, 0.717) is 6.04 Å². The van der Waals surface area contributed by atoms with Gasteiger partial charge in [-0.15, -0.1) is 11.3 Å². The number of nitrogens with one attached hydrogen (secondary N) is 1. The minimum absolute atomic E-state index is 0.415. The molecule has 19 heavy (non-hydrogen) atoms. The van der Waals surface area contributed by atoms with Crippen molar-refractivity contribution in [2.45, 2.75) is 33.0 Å². The Labute approximate surface area is 119 Å². The monoisotopic (exact) mass is 278 g/mol. The molecule has 2 rings (SSSR count). The zero-order valence-corrected chi connectivity index (χ0v) is 12.9. The van der Waals surface area contributed by atoms with E-state index in [2.05, 4.69) is 54.7 Å². The Balaban J connectivity index is 2.02. The smallest absolute Gasteiger partial charge is 0.120 e. The lowest BCUT2D eigenvalue weighted by molar-refractivity contribution is 0.233. The summed E-state index contributed by atoms with van der Waals surface area (Å²) in [7, 11) is 4.08. The van der Waals surface area contributed by atoms with Crippen LogP contribution < -0.4 is 5.32 Å². The average Bonchev–Trinajstić information content (AvgIpc) is 3.00. The van der Waals surface area contributed by atoms with Gasteiger partial charge in [-0.25, -0.2) is 0 Å². The highest BCUT2D eigenvalue weighted by molar-refractivity contribution is 7.10. The predicted molar refractivity (Wildman–Crippen MR) is 80.4 cm³/mol. The summed E-state index contributed by atoms with van der Waals surface area (Å²) in [6.45, 7) is 5.96. The lowest BCUT2D eigenvalue weighted by atomic mass is 10.2. The molecule has 104 valence electrons. The van der Waals surface area contributed by atoms with Crippen LogP contribution in [0.1, 0.15) is 34.9 Å². The topological polar surface area (TPSA) is 28.4 Å². The largest absolute Gasteiger partial charge is 0.463 e. The normalized spacial score (nSPS) is 13.1. The van der Waals surface area contributed by atoms with E-state index in [1.54, 1.807) is 11.3 Å². The molecular formula is C15H22N2OS. The summed E-state index contributed by atoms with van der Waals surface area (Å²) in [4.78, 5) is 3.70. The van der Waals surface area contributed by atoms with Gasteiger partial charge in [0.05, 0.1) is 13.1 Å². The molecule has 0 aliphatic carbocycles. The second-order valence-electron chi connectivity index (χ2n) is 4.96. The summed E-state index contributed by atoms with van der Waals surface area (Å²) in [6.07, 6.45) is 0. The van der Waals surface area contributed by atoms with Gasteiger partial charge < -0.3 is 9.73 Å². The molecular weight excluding hydrogens is 256 g/mol. The van der Waals surface area contributed by atoms with E-state index in [4.69, 9.17) is 4.42 Å². The highest BCUT2D eigenvalue weighted by atomic mass is 32.1. The molecule has 2 heterocycles. The maximum atomic E-state index is 5.89. The van der Waals surface area contributed by atoms with Gasteiger partial charge >= 0.3 is 0 Å². The van der Waals surface area contributed by atoms with Gasteiger partial charge in [-0.3, -0.25) is 4.90 Å². The fraction of sp³-hybridized carbons (Fsp3) is 0.467. The molecule has 0 radical (unpaired) electrons. The molecule has 2 aromatic heterocycles. The standard InChI is InChI=1S/C15H22N2OS/c1-11-8-13(18-14(11)9-16-3)10-17(4)12(2)15-6-5-7-19-15/h5-8,12,16H,9-10H2,1-4H3. The Morgan fingerprint density at radius 2 is 2.26 bits per heavy atom. The first kappa shape index (κ1) is 14.3. The third-order valence-electron chi connectivity index (χ3n) is 3.43. The van der Waals surface area contributed by atoms with Gasteiger partial charge in [-0.05, 0) is 51.0 Å². The van der Waals surface area contributed by atoms with E-state index in [9.17, 15) is 0 Å². The van der Waals surface area contributed by atoms with Gasteiger partial charge in [0, 0.05) is 10.9 Å². The van der Waals surface area contributed by atoms with Crippen molar-refractivity contribution in [3.63, 3.8) is 0 Å². The molecule has 3 nitrogen and oxygen atoms in total. The molecule has 1 atom stereocenters. The Bertz CT molecular complexity index is 504. The summed E-state index contributed by atoms with van der Waals surface area (Å²) in [6, 6.07) is 6.85. The fourth-order valence-corrected chi connectivity index (χ4v) is 2.98. The van der Waals surface area contributed by atoms with Crippen molar-refractivity contribution in [2.24, 2.45) is 0 Å². The molecule has 0 amide bonds. The van der Waals surface area contributed by atoms with Crippen LogP contribution in [0.2, 0.25) is 0 Å². The van der Waals surface area contributed by atoms with Crippen molar-refractivity contribution < 1.29 is 4.42 Å². The molecule has 1 N–H and O–H groups in total. The van der Waals surface area contributed by atoms with Crippen molar-refractivity contribution in [3.05, 3.63) is 45.5 Å². The molecule has 2 aromatic rings. The summed E-state index contributed by atoms with van der Waals surface area (Å²) < 4.78 is 5.89. The van der Waals surface area contributed by atoms with Crippen LogP contribution in [0.15, 0.2) is 28.0 Å². The number of aryl methyl sites for hydroxylation is 1. The van der Waals surface area contributed by atoms with E-state index in [-0.39, 0.29) is 0 Å². The van der Waals surface area contributed by atoms with Gasteiger partial charge in [0.25, 0.3) is 0 Å². The van der Waals surface area contributed by atoms with Gasteiger partial charge in [-0.2, -0.15) is 0 Å². The highest BCUT2D eigenvalue weighted by Crippen LogP contribution is 2.25. The van der Waals surface area contributed by atoms with Crippen molar-refractivity contribution in [3.8, 4) is 0 Å². The quantitative estimate of drug-likeness (QED) is 0.875. The van der Waals surface area contributed by atoms with E-state index < -0.39 is 0 Å². The van der Waals surface area contributed by atoms with E-state index in [0.717, 1.165) is 24.6 Å². The molecule has 0 aliphatic rings. The number of rotatable bonds is 6. The maximum absolute atomic E-state index is 5.89. The predicted octanol–water partition coefficient (Wildman–Crippen LogP) is 3.56. The van der Waals surface area contributed by atoms with Gasteiger partial charge in [0.15, 0.2) is 0 Å². The average molecular weight is 278 g/mol. The molecule has 1 unspecified atom stereocenters. The number of nitrogens with zero attached hydrogens (tertiary/aromatic N) is 1. The van der Waals surface area contributed by atoms with Crippen LogP contribution in [-0.2, 0) is 13.1 Å². The van der Waals surface area contributed by atoms with Crippen LogP contribution >= 0.6 is 11.3 Å². The Kier molecular flexibility index (Phi) is 4.80. The second kappa shape index (κ2) is 6.37. The molecule has 4 heteroatoms. The molecule has 0 saturated heterocycles. The van der Waals surface area contributed by atoms with Gasteiger partial charge in [0.2, 0.25) is 0 Å². The van der Waals surface area contributed by atoms with Crippen LogP contribution in [-0.4, -0.2) is 19.0 Å². The van der Waals surface area contributed by atoms with E-state index in [1.807, 2.05) is 7.05 Å². The molecule has 0 bridgehead atoms. The summed E-state index contributed by atoms with van der Waals surface area (Å²) in [5.74, 6) is 2.07. The third-order valence-corrected chi connectivity index (χ3v) is 4.47. The van der Waals surface area contributed by atoms with Crippen LogP contribution in [0.4, 0.5) is 0 Å². The third kappa shape index (κ3) is 3.47. The molecule has 0 saturated carbocycles. The number of thiophene rings is 1. The summed E-state index contributed by atoms with van der Waals surface area (Å²) in [5.41, 5.74) is 1.22.